The summed E-state index contributed by atoms with van der Waals surface area (Å²) in [6.45, 7) is 8.99. The van der Waals surface area contributed by atoms with Crippen LogP contribution in [-0.2, 0) is 11.3 Å². The van der Waals surface area contributed by atoms with E-state index in [9.17, 15) is 4.79 Å². The van der Waals surface area contributed by atoms with Crippen molar-refractivity contribution in [1.29, 1.82) is 0 Å². The van der Waals surface area contributed by atoms with Crippen molar-refractivity contribution in [3.05, 3.63) is 21.9 Å². The third-order valence-electron chi connectivity index (χ3n) is 3.51. The van der Waals surface area contributed by atoms with Crippen molar-refractivity contribution in [2.24, 2.45) is 0 Å². The standard InChI is InChI=1S/C14H22N2OS/c1-3-6-16-9-8-15(7-4-14(16)17)11-13-12(2)5-10-18-13/h5,10H,3-4,6-9,11H2,1-2H3. The number of aryl methyl sites for hydroxylation is 1. The largest absolute Gasteiger partial charge is 0.341 e. The molecule has 0 radical (unpaired) electrons. The van der Waals surface area contributed by atoms with E-state index in [2.05, 4.69) is 30.2 Å². The van der Waals surface area contributed by atoms with Gasteiger partial charge < -0.3 is 4.90 Å². The van der Waals surface area contributed by atoms with Gasteiger partial charge in [0.15, 0.2) is 0 Å². The average molecular weight is 266 g/mol. The first kappa shape index (κ1) is 13.6. The summed E-state index contributed by atoms with van der Waals surface area (Å²) in [5.74, 6) is 0.322. The zero-order valence-corrected chi connectivity index (χ0v) is 12.1. The first-order valence-electron chi connectivity index (χ1n) is 6.73. The van der Waals surface area contributed by atoms with E-state index in [1.165, 1.54) is 10.4 Å². The van der Waals surface area contributed by atoms with E-state index in [1.807, 2.05) is 16.2 Å². The summed E-state index contributed by atoms with van der Waals surface area (Å²) in [6, 6.07) is 2.17. The number of thiophene rings is 1. The molecule has 0 unspecified atom stereocenters. The third-order valence-corrected chi connectivity index (χ3v) is 4.52. The van der Waals surface area contributed by atoms with Gasteiger partial charge in [-0.1, -0.05) is 6.92 Å². The zero-order chi connectivity index (χ0) is 13.0. The van der Waals surface area contributed by atoms with E-state index in [1.54, 1.807) is 0 Å². The smallest absolute Gasteiger partial charge is 0.223 e. The Morgan fingerprint density at radius 2 is 2.17 bits per heavy atom. The molecule has 1 saturated heterocycles. The van der Waals surface area contributed by atoms with Crippen LogP contribution in [0.1, 0.15) is 30.2 Å². The van der Waals surface area contributed by atoms with Crippen LogP contribution in [-0.4, -0.2) is 41.9 Å². The summed E-state index contributed by atoms with van der Waals surface area (Å²) in [6.07, 6.45) is 1.72. The van der Waals surface area contributed by atoms with Crippen LogP contribution in [0.4, 0.5) is 0 Å². The Balaban J connectivity index is 1.92. The summed E-state index contributed by atoms with van der Waals surface area (Å²) in [4.78, 5) is 17.8. The van der Waals surface area contributed by atoms with E-state index in [0.717, 1.165) is 39.1 Å². The summed E-state index contributed by atoms with van der Waals surface area (Å²) in [5.41, 5.74) is 1.38. The Morgan fingerprint density at radius 3 is 2.83 bits per heavy atom. The van der Waals surface area contributed by atoms with Gasteiger partial charge in [0, 0.05) is 44.0 Å². The summed E-state index contributed by atoms with van der Waals surface area (Å²) >= 11 is 1.82. The molecule has 3 nitrogen and oxygen atoms in total. The van der Waals surface area contributed by atoms with Crippen LogP contribution in [0, 0.1) is 6.92 Å². The molecule has 0 bridgehead atoms. The number of hydrogen-bond donors (Lipinski definition) is 0. The van der Waals surface area contributed by atoms with Gasteiger partial charge in [0.25, 0.3) is 0 Å². The molecule has 0 atom stereocenters. The molecule has 0 spiro atoms. The molecule has 0 aliphatic carbocycles. The summed E-state index contributed by atoms with van der Waals surface area (Å²) in [5, 5.41) is 2.15. The van der Waals surface area contributed by atoms with Gasteiger partial charge in [-0.3, -0.25) is 9.69 Å². The minimum atomic E-state index is 0.322. The van der Waals surface area contributed by atoms with Gasteiger partial charge in [0.05, 0.1) is 0 Å². The van der Waals surface area contributed by atoms with Crippen LogP contribution in [0.5, 0.6) is 0 Å². The van der Waals surface area contributed by atoms with Gasteiger partial charge in [-0.05, 0) is 30.4 Å². The van der Waals surface area contributed by atoms with Crippen LogP contribution < -0.4 is 0 Å². The topological polar surface area (TPSA) is 23.6 Å². The van der Waals surface area contributed by atoms with E-state index < -0.39 is 0 Å². The number of nitrogens with zero attached hydrogens (tertiary/aromatic N) is 2. The molecule has 0 aromatic carbocycles. The third kappa shape index (κ3) is 3.33. The Labute approximate surface area is 113 Å². The molecule has 0 N–H and O–H groups in total. The monoisotopic (exact) mass is 266 g/mol. The first-order chi connectivity index (χ1) is 8.70. The number of carbonyl (C=O) groups is 1. The van der Waals surface area contributed by atoms with Gasteiger partial charge in [-0.25, -0.2) is 0 Å². The molecule has 2 rings (SSSR count). The highest BCUT2D eigenvalue weighted by atomic mass is 32.1. The fourth-order valence-electron chi connectivity index (χ4n) is 2.34. The van der Waals surface area contributed by atoms with Crippen molar-refractivity contribution < 1.29 is 4.79 Å². The second-order valence-electron chi connectivity index (χ2n) is 4.93. The Kier molecular flexibility index (Phi) is 4.78. The maximum absolute atomic E-state index is 11.9. The van der Waals surface area contributed by atoms with E-state index in [4.69, 9.17) is 0 Å². The zero-order valence-electron chi connectivity index (χ0n) is 11.3. The minimum Gasteiger partial charge on any atom is -0.341 e. The van der Waals surface area contributed by atoms with Crippen LogP contribution in [0.3, 0.4) is 0 Å². The molecule has 1 aromatic rings. The molecule has 0 saturated carbocycles. The summed E-state index contributed by atoms with van der Waals surface area (Å²) < 4.78 is 0. The molecule has 1 aliphatic rings. The number of hydrogen-bond acceptors (Lipinski definition) is 3. The van der Waals surface area contributed by atoms with Crippen LogP contribution in [0.2, 0.25) is 0 Å². The van der Waals surface area contributed by atoms with Crippen molar-refractivity contribution in [2.45, 2.75) is 33.2 Å². The second-order valence-corrected chi connectivity index (χ2v) is 5.93. The van der Waals surface area contributed by atoms with Gasteiger partial charge in [0.2, 0.25) is 5.91 Å². The number of rotatable bonds is 4. The number of amides is 1. The molecule has 18 heavy (non-hydrogen) atoms. The Bertz CT molecular complexity index is 402. The van der Waals surface area contributed by atoms with Gasteiger partial charge in [0.1, 0.15) is 0 Å². The Morgan fingerprint density at radius 1 is 1.33 bits per heavy atom. The first-order valence-corrected chi connectivity index (χ1v) is 7.61. The van der Waals surface area contributed by atoms with E-state index >= 15 is 0 Å². The molecule has 4 heteroatoms. The molecule has 1 aromatic heterocycles. The van der Waals surface area contributed by atoms with Crippen molar-refractivity contribution in [1.82, 2.24) is 9.80 Å². The maximum atomic E-state index is 11.9. The molecule has 1 fully saturated rings. The lowest BCUT2D eigenvalue weighted by molar-refractivity contribution is -0.130. The SMILES string of the molecule is CCCN1CCN(Cc2sccc2C)CCC1=O. The molecule has 2 heterocycles. The van der Waals surface area contributed by atoms with Crippen LogP contribution >= 0.6 is 11.3 Å². The number of carbonyl (C=O) groups excluding carboxylic acids is 1. The van der Waals surface area contributed by atoms with Crippen molar-refractivity contribution >= 4 is 17.2 Å². The maximum Gasteiger partial charge on any atom is 0.223 e. The lowest BCUT2D eigenvalue weighted by atomic mass is 10.2. The average Bonchev–Trinajstić information content (AvgIpc) is 2.67. The highest BCUT2D eigenvalue weighted by molar-refractivity contribution is 7.10. The van der Waals surface area contributed by atoms with Crippen LogP contribution in [0.15, 0.2) is 11.4 Å². The predicted octanol–water partition coefficient (Wildman–Crippen LogP) is 2.50. The van der Waals surface area contributed by atoms with Crippen molar-refractivity contribution in [3.63, 3.8) is 0 Å². The second kappa shape index (κ2) is 6.34. The molecular formula is C14H22N2OS. The predicted molar refractivity (Wildman–Crippen MR) is 75.8 cm³/mol. The molecule has 100 valence electrons. The van der Waals surface area contributed by atoms with Gasteiger partial charge >= 0.3 is 0 Å². The lowest BCUT2D eigenvalue weighted by Gasteiger charge is -2.21. The summed E-state index contributed by atoms with van der Waals surface area (Å²) in [7, 11) is 0. The molecule has 1 aliphatic heterocycles. The van der Waals surface area contributed by atoms with Gasteiger partial charge in [-0.2, -0.15) is 0 Å². The lowest BCUT2D eigenvalue weighted by Crippen LogP contribution is -2.33. The Hall–Kier alpha value is -0.870. The highest BCUT2D eigenvalue weighted by Gasteiger charge is 2.20. The highest BCUT2D eigenvalue weighted by Crippen LogP contribution is 2.18. The fourth-order valence-corrected chi connectivity index (χ4v) is 3.29. The quantitative estimate of drug-likeness (QED) is 0.836. The normalized spacial score (nSPS) is 18.1. The van der Waals surface area contributed by atoms with Crippen LogP contribution in [0.25, 0.3) is 0 Å². The molecular weight excluding hydrogens is 244 g/mol. The van der Waals surface area contributed by atoms with Crippen molar-refractivity contribution in [2.75, 3.05) is 26.2 Å². The minimum absolute atomic E-state index is 0.322. The van der Waals surface area contributed by atoms with E-state index in [0.29, 0.717) is 12.3 Å². The fraction of sp³-hybridized carbons (Fsp3) is 0.643. The van der Waals surface area contributed by atoms with Gasteiger partial charge in [-0.15, -0.1) is 11.3 Å². The van der Waals surface area contributed by atoms with Crippen molar-refractivity contribution in [3.8, 4) is 0 Å². The molecule has 1 amide bonds. The van der Waals surface area contributed by atoms with E-state index in [-0.39, 0.29) is 0 Å².